The number of nitrogens with one attached hydrogen (secondary N) is 2. The highest BCUT2D eigenvalue weighted by molar-refractivity contribution is 5.88. The number of H-pyrrole nitrogens is 1. The van der Waals surface area contributed by atoms with Crippen molar-refractivity contribution in [1.29, 1.82) is 0 Å². The highest BCUT2D eigenvalue weighted by atomic mass is 16.5. The zero-order valence-electron chi connectivity index (χ0n) is 17.8. The first-order valence-electron chi connectivity index (χ1n) is 10.4. The second-order valence-corrected chi connectivity index (χ2v) is 8.16. The molecule has 0 saturated carbocycles. The Morgan fingerprint density at radius 2 is 1.94 bits per heavy atom. The summed E-state index contributed by atoms with van der Waals surface area (Å²) in [6.07, 6.45) is 3.32. The molecule has 0 radical (unpaired) electrons. The highest BCUT2D eigenvalue weighted by Crippen LogP contribution is 2.36. The number of ether oxygens (including phenoxy) is 1. The van der Waals surface area contributed by atoms with E-state index in [9.17, 15) is 14.7 Å². The number of piperidine rings is 2. The monoisotopic (exact) mass is 429 g/mol. The van der Waals surface area contributed by atoms with Gasteiger partial charge in [-0.1, -0.05) is 0 Å². The normalized spacial score (nSPS) is 22.7. The van der Waals surface area contributed by atoms with Crippen LogP contribution in [0.3, 0.4) is 0 Å². The molecule has 2 aliphatic rings. The summed E-state index contributed by atoms with van der Waals surface area (Å²) in [6, 6.07) is 3.40. The number of fused-ring (bicyclic) bond motifs is 2. The van der Waals surface area contributed by atoms with E-state index in [0.717, 1.165) is 25.0 Å². The quantitative estimate of drug-likeness (QED) is 0.612. The van der Waals surface area contributed by atoms with E-state index in [-0.39, 0.29) is 23.8 Å². The molecule has 0 spiro atoms. The number of esters is 1. The highest BCUT2D eigenvalue weighted by Gasteiger charge is 2.42. The van der Waals surface area contributed by atoms with Gasteiger partial charge in [-0.05, 0) is 39.0 Å². The van der Waals surface area contributed by atoms with Crippen LogP contribution in [0.5, 0.6) is 0 Å². The van der Waals surface area contributed by atoms with E-state index in [4.69, 9.17) is 4.74 Å². The molecule has 2 saturated heterocycles. The van der Waals surface area contributed by atoms with Gasteiger partial charge in [-0.3, -0.25) is 5.10 Å². The maximum Gasteiger partial charge on any atom is 0.407 e. The summed E-state index contributed by atoms with van der Waals surface area (Å²) in [7, 11) is 3.19. The van der Waals surface area contributed by atoms with Gasteiger partial charge in [0.25, 0.3) is 0 Å². The lowest BCUT2D eigenvalue weighted by molar-refractivity contribution is 0.0350. The number of aromatic amines is 1. The zero-order valence-corrected chi connectivity index (χ0v) is 17.8. The smallest absolute Gasteiger partial charge is 0.407 e. The van der Waals surface area contributed by atoms with Crippen LogP contribution >= 0.6 is 0 Å². The molecule has 3 N–H and O–H groups in total. The SMILES string of the molecule is COC(=O)c1cc(Nc2cc(C)[nH]n2)nc(N(C)[C@H]2C[C@H]3CCC[C@@H](C2)N3C(=O)O)n1. The third-order valence-corrected chi connectivity index (χ3v) is 6.10. The maximum atomic E-state index is 12.2. The average molecular weight is 429 g/mol. The Hall–Kier alpha value is -3.37. The van der Waals surface area contributed by atoms with Crippen molar-refractivity contribution in [3.8, 4) is 0 Å². The van der Waals surface area contributed by atoms with Crippen molar-refractivity contribution in [1.82, 2.24) is 25.1 Å². The number of amides is 1. The molecular formula is C20H27N7O4. The van der Waals surface area contributed by atoms with Gasteiger partial charge in [0.1, 0.15) is 5.82 Å². The van der Waals surface area contributed by atoms with Crippen LogP contribution in [-0.2, 0) is 4.74 Å². The Kier molecular flexibility index (Phi) is 5.66. The van der Waals surface area contributed by atoms with E-state index >= 15 is 0 Å². The molecule has 2 fully saturated rings. The molecule has 4 heterocycles. The summed E-state index contributed by atoms with van der Waals surface area (Å²) in [5, 5.41) is 19.7. The number of hydrogen-bond donors (Lipinski definition) is 3. The van der Waals surface area contributed by atoms with Crippen LogP contribution in [0.4, 0.5) is 22.4 Å². The lowest BCUT2D eigenvalue weighted by Crippen LogP contribution is -2.58. The lowest BCUT2D eigenvalue weighted by atomic mass is 9.81. The van der Waals surface area contributed by atoms with Crippen molar-refractivity contribution in [2.75, 3.05) is 24.4 Å². The van der Waals surface area contributed by atoms with E-state index < -0.39 is 12.1 Å². The van der Waals surface area contributed by atoms with Crippen molar-refractivity contribution >= 4 is 29.6 Å². The van der Waals surface area contributed by atoms with Crippen molar-refractivity contribution < 1.29 is 19.4 Å². The fourth-order valence-corrected chi connectivity index (χ4v) is 4.62. The number of carboxylic acid groups (broad SMARTS) is 1. The minimum atomic E-state index is -0.847. The number of aromatic nitrogens is 4. The first-order valence-corrected chi connectivity index (χ1v) is 10.4. The molecule has 3 atom stereocenters. The van der Waals surface area contributed by atoms with Crippen LogP contribution in [0.25, 0.3) is 0 Å². The summed E-state index contributed by atoms with van der Waals surface area (Å²) in [6.45, 7) is 1.89. The van der Waals surface area contributed by atoms with Gasteiger partial charge >= 0.3 is 12.1 Å². The summed E-state index contributed by atoms with van der Waals surface area (Å²) in [4.78, 5) is 36.5. The Labute approximate surface area is 179 Å². The van der Waals surface area contributed by atoms with Crippen molar-refractivity contribution in [3.05, 3.63) is 23.5 Å². The van der Waals surface area contributed by atoms with Crippen molar-refractivity contribution in [2.45, 2.75) is 57.2 Å². The van der Waals surface area contributed by atoms with Gasteiger partial charge in [-0.2, -0.15) is 10.1 Å². The predicted molar refractivity (Wildman–Crippen MR) is 113 cm³/mol. The second-order valence-electron chi connectivity index (χ2n) is 8.16. The molecule has 11 heteroatoms. The standard InChI is InChI=1S/C20H27N7O4/c1-11-7-17(25-24-11)22-16-10-15(18(28)31-3)21-19(23-16)26(2)14-8-12-5-4-6-13(9-14)27(12)20(29)30/h7,10,12-14H,4-6,8-9H2,1-3H3,(H,29,30)(H2,21,22,23,24,25)/t12-,13+,14+. The number of carbonyl (C=O) groups excluding carboxylic acids is 1. The van der Waals surface area contributed by atoms with Crippen LogP contribution < -0.4 is 10.2 Å². The number of carbonyl (C=O) groups is 2. The van der Waals surface area contributed by atoms with E-state index in [0.29, 0.717) is 30.4 Å². The lowest BCUT2D eigenvalue weighted by Gasteiger charge is -2.49. The molecule has 0 aliphatic carbocycles. The molecule has 2 bridgehead atoms. The molecule has 1 amide bonds. The van der Waals surface area contributed by atoms with Gasteiger partial charge < -0.3 is 25.0 Å². The first kappa shape index (κ1) is 20.9. The zero-order chi connectivity index (χ0) is 22.1. The Morgan fingerprint density at radius 1 is 1.23 bits per heavy atom. The van der Waals surface area contributed by atoms with E-state index in [1.165, 1.54) is 13.2 Å². The van der Waals surface area contributed by atoms with Gasteiger partial charge in [0, 0.05) is 43.0 Å². The summed E-state index contributed by atoms with van der Waals surface area (Å²) in [5.41, 5.74) is 1.02. The minimum Gasteiger partial charge on any atom is -0.465 e. The number of anilines is 3. The molecule has 2 aromatic heterocycles. The van der Waals surface area contributed by atoms with Crippen LogP contribution in [0.1, 0.15) is 48.3 Å². The third-order valence-electron chi connectivity index (χ3n) is 6.10. The Morgan fingerprint density at radius 3 is 2.52 bits per heavy atom. The van der Waals surface area contributed by atoms with Gasteiger partial charge in [0.2, 0.25) is 5.95 Å². The number of methoxy groups -OCH3 is 1. The van der Waals surface area contributed by atoms with Gasteiger partial charge in [0.05, 0.1) is 7.11 Å². The molecule has 166 valence electrons. The van der Waals surface area contributed by atoms with Crippen LogP contribution in [0, 0.1) is 6.92 Å². The topological polar surface area (TPSA) is 137 Å². The second kappa shape index (κ2) is 8.40. The summed E-state index contributed by atoms with van der Waals surface area (Å²) < 4.78 is 4.86. The molecule has 0 aromatic carbocycles. The Balaban J connectivity index is 1.60. The van der Waals surface area contributed by atoms with Gasteiger partial charge in [0.15, 0.2) is 11.5 Å². The number of nitrogens with zero attached hydrogens (tertiary/aromatic N) is 5. The van der Waals surface area contributed by atoms with E-state index in [2.05, 4.69) is 25.5 Å². The summed E-state index contributed by atoms with van der Waals surface area (Å²) >= 11 is 0. The minimum absolute atomic E-state index is 0.00846. The fourth-order valence-electron chi connectivity index (χ4n) is 4.62. The van der Waals surface area contributed by atoms with Crippen molar-refractivity contribution in [3.63, 3.8) is 0 Å². The molecule has 0 unspecified atom stereocenters. The first-order chi connectivity index (χ1) is 14.9. The van der Waals surface area contributed by atoms with Crippen molar-refractivity contribution in [2.24, 2.45) is 0 Å². The molecule has 31 heavy (non-hydrogen) atoms. The molecule has 2 aliphatic heterocycles. The number of rotatable bonds is 5. The fraction of sp³-hybridized carbons (Fsp3) is 0.550. The van der Waals surface area contributed by atoms with Crippen LogP contribution in [0.2, 0.25) is 0 Å². The molecule has 4 rings (SSSR count). The average Bonchev–Trinajstić information content (AvgIpc) is 3.15. The molecular weight excluding hydrogens is 402 g/mol. The molecule has 11 nitrogen and oxygen atoms in total. The van der Waals surface area contributed by atoms with Gasteiger partial charge in [-0.15, -0.1) is 0 Å². The van der Waals surface area contributed by atoms with E-state index in [1.54, 1.807) is 4.90 Å². The largest absolute Gasteiger partial charge is 0.465 e. The Bertz CT molecular complexity index is 964. The van der Waals surface area contributed by atoms with Gasteiger partial charge in [-0.25, -0.2) is 14.6 Å². The third kappa shape index (κ3) is 4.25. The van der Waals surface area contributed by atoms with E-state index in [1.807, 2.05) is 24.9 Å². The predicted octanol–water partition coefficient (Wildman–Crippen LogP) is 2.54. The number of aryl methyl sites for hydroxylation is 1. The summed E-state index contributed by atoms with van der Waals surface area (Å²) in [5.74, 6) is 0.817. The number of hydrogen-bond acceptors (Lipinski definition) is 8. The van der Waals surface area contributed by atoms with Crippen LogP contribution in [-0.4, -0.2) is 74.5 Å². The molecule has 2 aromatic rings. The van der Waals surface area contributed by atoms with Crippen LogP contribution in [0.15, 0.2) is 12.1 Å². The maximum absolute atomic E-state index is 12.2.